The number of fused-ring (bicyclic) bond motifs is 1. The first-order chi connectivity index (χ1) is 12.1. The molecule has 2 heterocycles. The smallest absolute Gasteiger partial charge is 0.321 e. The minimum absolute atomic E-state index is 0.145. The fourth-order valence-corrected chi connectivity index (χ4v) is 2.36. The summed E-state index contributed by atoms with van der Waals surface area (Å²) in [5.74, 6) is -0.350. The first-order valence-corrected chi connectivity index (χ1v) is 7.66. The second-order valence-corrected chi connectivity index (χ2v) is 5.45. The van der Waals surface area contributed by atoms with Gasteiger partial charge in [-0.05, 0) is 23.8 Å². The fraction of sp³-hybridized carbons (Fsp3) is 0.235. The Morgan fingerprint density at radius 3 is 2.84 bits per heavy atom. The summed E-state index contributed by atoms with van der Waals surface area (Å²) >= 11 is 0. The van der Waals surface area contributed by atoms with Gasteiger partial charge in [0.05, 0.1) is 6.42 Å². The highest BCUT2D eigenvalue weighted by atomic mass is 16.7. The average Bonchev–Trinajstić information content (AvgIpc) is 3.07. The lowest BCUT2D eigenvalue weighted by molar-refractivity contribution is -0.141. The molecule has 3 rings (SSSR count). The zero-order chi connectivity index (χ0) is 17.6. The third kappa shape index (κ3) is 4.45. The van der Waals surface area contributed by atoms with E-state index < -0.39 is 17.9 Å². The van der Waals surface area contributed by atoms with Crippen molar-refractivity contribution in [2.75, 3.05) is 12.1 Å². The van der Waals surface area contributed by atoms with Gasteiger partial charge in [-0.2, -0.15) is 0 Å². The Morgan fingerprint density at radius 1 is 1.24 bits per heavy atom. The molecule has 0 spiro atoms. The molecule has 0 radical (unpaired) electrons. The molecule has 1 atom stereocenters. The van der Waals surface area contributed by atoms with Crippen molar-refractivity contribution in [1.29, 1.82) is 0 Å². The summed E-state index contributed by atoms with van der Waals surface area (Å²) in [5.41, 5.74) is 1.36. The van der Waals surface area contributed by atoms with Gasteiger partial charge in [-0.1, -0.05) is 6.07 Å². The zero-order valence-corrected chi connectivity index (χ0v) is 13.3. The number of amides is 1. The molecule has 1 aromatic heterocycles. The van der Waals surface area contributed by atoms with Gasteiger partial charge in [-0.15, -0.1) is 0 Å². The van der Waals surface area contributed by atoms with Crippen LogP contribution in [0.3, 0.4) is 0 Å². The largest absolute Gasteiger partial charge is 0.480 e. The Morgan fingerprint density at radius 2 is 2.08 bits per heavy atom. The number of carbonyl (C=O) groups is 2. The Kier molecular flexibility index (Phi) is 5.10. The fourth-order valence-electron chi connectivity index (χ4n) is 2.36. The highest BCUT2D eigenvalue weighted by molar-refractivity contribution is 5.94. The van der Waals surface area contributed by atoms with Crippen LogP contribution in [0.4, 0.5) is 5.69 Å². The molecule has 1 amide bonds. The van der Waals surface area contributed by atoms with Crippen LogP contribution >= 0.6 is 0 Å². The van der Waals surface area contributed by atoms with Gasteiger partial charge >= 0.3 is 5.97 Å². The molecule has 25 heavy (non-hydrogen) atoms. The predicted molar refractivity (Wildman–Crippen MR) is 88.3 cm³/mol. The Bertz CT molecular complexity index is 766. The number of aromatic nitrogens is 1. The number of benzene rings is 1. The summed E-state index contributed by atoms with van der Waals surface area (Å²) in [6.45, 7) is 0.453. The molecule has 8 heteroatoms. The van der Waals surface area contributed by atoms with Crippen LogP contribution in [0.15, 0.2) is 42.7 Å². The number of nitrogens with one attached hydrogen (secondary N) is 2. The molecule has 130 valence electrons. The summed E-state index contributed by atoms with van der Waals surface area (Å²) in [7, 11) is 0. The number of pyridine rings is 1. The molecule has 0 bridgehead atoms. The van der Waals surface area contributed by atoms with Crippen LogP contribution in [0.5, 0.6) is 11.5 Å². The summed E-state index contributed by atoms with van der Waals surface area (Å²) < 4.78 is 10.4. The van der Waals surface area contributed by atoms with Gasteiger partial charge < -0.3 is 19.9 Å². The van der Waals surface area contributed by atoms with Crippen LogP contribution in [0.2, 0.25) is 0 Å². The van der Waals surface area contributed by atoms with E-state index in [1.54, 1.807) is 36.7 Å². The van der Waals surface area contributed by atoms with Crippen molar-refractivity contribution in [2.24, 2.45) is 0 Å². The van der Waals surface area contributed by atoms with Gasteiger partial charge in [0.15, 0.2) is 11.5 Å². The van der Waals surface area contributed by atoms with E-state index in [1.807, 2.05) is 6.07 Å². The van der Waals surface area contributed by atoms with Gasteiger partial charge in [0.1, 0.15) is 6.04 Å². The van der Waals surface area contributed by atoms with E-state index in [9.17, 15) is 14.7 Å². The summed E-state index contributed by atoms with van der Waals surface area (Å²) in [5, 5.41) is 14.8. The number of anilines is 1. The van der Waals surface area contributed by atoms with E-state index >= 15 is 0 Å². The summed E-state index contributed by atoms with van der Waals surface area (Å²) in [6, 6.07) is 7.58. The van der Waals surface area contributed by atoms with Gasteiger partial charge in [-0.3, -0.25) is 19.9 Å². The van der Waals surface area contributed by atoms with Crippen molar-refractivity contribution >= 4 is 17.6 Å². The van der Waals surface area contributed by atoms with Crippen molar-refractivity contribution in [3.05, 3.63) is 48.3 Å². The minimum Gasteiger partial charge on any atom is -0.480 e. The summed E-state index contributed by atoms with van der Waals surface area (Å²) in [6.07, 6.45) is 3.07. The number of ether oxygens (including phenoxy) is 2. The van der Waals surface area contributed by atoms with Crippen LogP contribution in [0.1, 0.15) is 12.0 Å². The van der Waals surface area contributed by atoms with E-state index in [1.165, 1.54) is 0 Å². The van der Waals surface area contributed by atoms with Crippen molar-refractivity contribution in [2.45, 2.75) is 19.0 Å². The molecule has 1 aromatic carbocycles. The maximum atomic E-state index is 12.1. The number of rotatable bonds is 7. The maximum Gasteiger partial charge on any atom is 0.321 e. The molecule has 1 aliphatic heterocycles. The average molecular weight is 343 g/mol. The van der Waals surface area contributed by atoms with E-state index in [0.717, 1.165) is 5.56 Å². The topological polar surface area (TPSA) is 110 Å². The van der Waals surface area contributed by atoms with E-state index in [4.69, 9.17) is 9.47 Å². The normalized spacial score (nSPS) is 13.3. The third-order valence-corrected chi connectivity index (χ3v) is 3.62. The SMILES string of the molecule is O=C(C[C@@H](NCc1cccnc1)C(=O)O)Nc1ccc2c(c1)OCO2. The van der Waals surface area contributed by atoms with Crippen molar-refractivity contribution in [3.8, 4) is 11.5 Å². The number of carboxylic acid groups (broad SMARTS) is 1. The van der Waals surface area contributed by atoms with Crippen molar-refractivity contribution in [1.82, 2.24) is 10.3 Å². The minimum atomic E-state index is -1.09. The zero-order valence-electron chi connectivity index (χ0n) is 13.3. The third-order valence-electron chi connectivity index (χ3n) is 3.62. The van der Waals surface area contributed by atoms with E-state index in [0.29, 0.717) is 23.7 Å². The quantitative estimate of drug-likeness (QED) is 0.697. The molecule has 2 aromatic rings. The Labute approximate surface area is 143 Å². The molecule has 0 saturated carbocycles. The first kappa shape index (κ1) is 16.7. The second kappa shape index (κ2) is 7.63. The molecule has 1 aliphatic rings. The second-order valence-electron chi connectivity index (χ2n) is 5.45. The molecule has 3 N–H and O–H groups in total. The van der Waals surface area contributed by atoms with Crippen molar-refractivity contribution in [3.63, 3.8) is 0 Å². The van der Waals surface area contributed by atoms with Gasteiger partial charge in [0, 0.05) is 30.7 Å². The van der Waals surface area contributed by atoms with E-state index in [-0.39, 0.29) is 13.2 Å². The van der Waals surface area contributed by atoms with E-state index in [2.05, 4.69) is 15.6 Å². The lowest BCUT2D eigenvalue weighted by Crippen LogP contribution is -2.39. The number of hydrogen-bond acceptors (Lipinski definition) is 6. The summed E-state index contributed by atoms with van der Waals surface area (Å²) in [4.78, 5) is 27.5. The van der Waals surface area contributed by atoms with Crippen LogP contribution in [-0.2, 0) is 16.1 Å². The lowest BCUT2D eigenvalue weighted by Gasteiger charge is -2.14. The number of carbonyl (C=O) groups excluding carboxylic acids is 1. The number of nitrogens with zero attached hydrogens (tertiary/aromatic N) is 1. The van der Waals surface area contributed by atoms with Gasteiger partial charge in [0.2, 0.25) is 12.7 Å². The molecule has 0 unspecified atom stereocenters. The molecule has 0 saturated heterocycles. The maximum absolute atomic E-state index is 12.1. The molecular weight excluding hydrogens is 326 g/mol. The number of aliphatic carboxylic acids is 1. The highest BCUT2D eigenvalue weighted by Crippen LogP contribution is 2.34. The molecular formula is C17H17N3O5. The standard InChI is InChI=1S/C17H17N3O5/c21-16(20-12-3-4-14-15(6-12)25-10-24-14)7-13(17(22)23)19-9-11-2-1-5-18-8-11/h1-6,8,13,19H,7,9-10H2,(H,20,21)(H,22,23)/t13-/m1/s1. The van der Waals surface area contributed by atoms with Crippen LogP contribution in [0, 0.1) is 0 Å². The number of carboxylic acids is 1. The van der Waals surface area contributed by atoms with Gasteiger partial charge in [0.25, 0.3) is 0 Å². The highest BCUT2D eigenvalue weighted by Gasteiger charge is 2.21. The Hall–Kier alpha value is -3.13. The van der Waals surface area contributed by atoms with Crippen LogP contribution in [0.25, 0.3) is 0 Å². The lowest BCUT2D eigenvalue weighted by atomic mass is 10.1. The van der Waals surface area contributed by atoms with Gasteiger partial charge in [-0.25, -0.2) is 0 Å². The first-order valence-electron chi connectivity index (χ1n) is 7.66. The predicted octanol–water partition coefficient (Wildman–Crippen LogP) is 1.38. The molecule has 0 aliphatic carbocycles. The molecule has 0 fully saturated rings. The van der Waals surface area contributed by atoms with Crippen LogP contribution in [-0.4, -0.2) is 34.8 Å². The Balaban J connectivity index is 1.56. The number of hydrogen-bond donors (Lipinski definition) is 3. The monoisotopic (exact) mass is 343 g/mol. The molecule has 8 nitrogen and oxygen atoms in total. The van der Waals surface area contributed by atoms with Crippen LogP contribution < -0.4 is 20.1 Å². The van der Waals surface area contributed by atoms with Crippen molar-refractivity contribution < 1.29 is 24.2 Å².